The Morgan fingerprint density at radius 3 is 3.00 bits per heavy atom. The van der Waals surface area contributed by atoms with Crippen LogP contribution in [0.1, 0.15) is 18.5 Å². The molecule has 1 aliphatic heterocycles. The van der Waals surface area contributed by atoms with Crippen LogP contribution in [-0.2, 0) is 7.05 Å². The summed E-state index contributed by atoms with van der Waals surface area (Å²) in [6, 6.07) is 5.48. The Morgan fingerprint density at radius 2 is 2.24 bits per heavy atom. The van der Waals surface area contributed by atoms with Gasteiger partial charge in [0.25, 0.3) is 0 Å². The third kappa shape index (κ3) is 2.61. The molecule has 5 heteroatoms. The largest absolute Gasteiger partial charge is 0.350 e. The van der Waals surface area contributed by atoms with E-state index in [2.05, 4.69) is 17.1 Å². The van der Waals surface area contributed by atoms with E-state index in [1.807, 2.05) is 29.9 Å². The van der Waals surface area contributed by atoms with Gasteiger partial charge in [-0.05, 0) is 24.7 Å². The molecule has 0 aliphatic carbocycles. The van der Waals surface area contributed by atoms with Crippen LogP contribution in [0.5, 0.6) is 0 Å². The van der Waals surface area contributed by atoms with E-state index in [9.17, 15) is 4.39 Å². The Hall–Kier alpha value is -1.30. The molecule has 3 nitrogen and oxygen atoms in total. The van der Waals surface area contributed by atoms with E-state index in [1.54, 1.807) is 6.07 Å². The lowest BCUT2D eigenvalue weighted by molar-refractivity contribution is 0.167. The number of hydrogen-bond acceptors (Lipinski definition) is 3. The normalized spacial score (nSPS) is 20.0. The van der Waals surface area contributed by atoms with E-state index in [0.717, 1.165) is 42.6 Å². The van der Waals surface area contributed by atoms with Crippen LogP contribution in [0.4, 0.5) is 4.39 Å². The number of nitrogens with zero attached hydrogens (tertiary/aromatic N) is 2. The smallest absolute Gasteiger partial charge is 0.128 e. The van der Waals surface area contributed by atoms with Crippen LogP contribution in [-0.4, -0.2) is 35.6 Å². The van der Waals surface area contributed by atoms with E-state index in [-0.39, 0.29) is 11.9 Å². The number of aryl methyl sites for hydroxylation is 1. The average molecular weight is 305 g/mol. The molecule has 1 unspecified atom stereocenters. The molecule has 0 spiro atoms. The van der Waals surface area contributed by atoms with Crippen LogP contribution < -0.4 is 5.32 Å². The molecule has 0 saturated carbocycles. The molecule has 0 bridgehead atoms. The second-order valence-electron chi connectivity index (χ2n) is 5.53. The molecular weight excluding hydrogens is 285 g/mol. The zero-order chi connectivity index (χ0) is 15.0. The van der Waals surface area contributed by atoms with Crippen molar-refractivity contribution in [3.63, 3.8) is 0 Å². The van der Waals surface area contributed by atoms with Gasteiger partial charge in [-0.15, -0.1) is 0 Å². The summed E-state index contributed by atoms with van der Waals surface area (Å²) in [5.74, 6) is -0.160. The Labute approximate surface area is 129 Å². The fourth-order valence-electron chi connectivity index (χ4n) is 3.10. The summed E-state index contributed by atoms with van der Waals surface area (Å²) in [5.41, 5.74) is 1.74. The van der Waals surface area contributed by atoms with Crippen LogP contribution in [0.15, 0.2) is 24.4 Å². The van der Waals surface area contributed by atoms with Crippen molar-refractivity contribution < 1.29 is 4.39 Å². The molecule has 0 amide bonds. The van der Waals surface area contributed by atoms with Crippen molar-refractivity contribution in [2.24, 2.45) is 7.05 Å². The molecule has 112 valence electrons. The van der Waals surface area contributed by atoms with Gasteiger partial charge in [-0.3, -0.25) is 4.90 Å². The summed E-state index contributed by atoms with van der Waals surface area (Å²) in [7, 11) is 1.97. The summed E-state index contributed by atoms with van der Waals surface area (Å²) in [6.45, 7) is 5.75. The molecule has 2 aromatic rings. The number of nitrogens with one attached hydrogen (secondary N) is 1. The minimum absolute atomic E-state index is 0.0851. The number of likely N-dealkylation sites (N-methyl/N-ethyl adjacent to an activating group) is 1. The highest BCUT2D eigenvalue weighted by Crippen LogP contribution is 2.28. The lowest BCUT2D eigenvalue weighted by Crippen LogP contribution is -2.46. The van der Waals surface area contributed by atoms with Gasteiger partial charge < -0.3 is 9.88 Å². The maximum Gasteiger partial charge on any atom is 0.128 e. The molecule has 1 aliphatic rings. The lowest BCUT2D eigenvalue weighted by atomic mass is 10.0. The molecule has 0 radical (unpaired) electrons. The minimum Gasteiger partial charge on any atom is -0.350 e. The molecular formula is C16H20FN3S. The number of hydrogen-bond donors (Lipinski definition) is 1. The van der Waals surface area contributed by atoms with Crippen LogP contribution >= 0.6 is 12.2 Å². The van der Waals surface area contributed by atoms with Crippen LogP contribution in [0.25, 0.3) is 10.9 Å². The summed E-state index contributed by atoms with van der Waals surface area (Å²) in [4.78, 5) is 2.32. The van der Waals surface area contributed by atoms with E-state index >= 15 is 0 Å². The predicted octanol–water partition coefficient (Wildman–Crippen LogP) is 3.01. The van der Waals surface area contributed by atoms with Crippen LogP contribution in [0.2, 0.25) is 0 Å². The summed E-state index contributed by atoms with van der Waals surface area (Å²) < 4.78 is 17.3. The van der Waals surface area contributed by atoms with Gasteiger partial charge in [-0.1, -0.05) is 19.1 Å². The first kappa shape index (κ1) is 14.6. The fourth-order valence-corrected chi connectivity index (χ4v) is 3.33. The van der Waals surface area contributed by atoms with Gasteiger partial charge in [0.1, 0.15) is 5.82 Å². The fraction of sp³-hybridized carbons (Fsp3) is 0.438. The SMILES string of the molecule is CCN1CCNCC1c1cc2c(cc1F)c(=S)ccn2C. The highest BCUT2D eigenvalue weighted by atomic mass is 32.1. The predicted molar refractivity (Wildman–Crippen MR) is 86.6 cm³/mol. The van der Waals surface area contributed by atoms with E-state index in [1.165, 1.54) is 0 Å². The highest BCUT2D eigenvalue weighted by Gasteiger charge is 2.25. The second-order valence-corrected chi connectivity index (χ2v) is 5.97. The zero-order valence-corrected chi connectivity index (χ0v) is 13.2. The molecule has 2 heterocycles. The number of aromatic nitrogens is 1. The monoisotopic (exact) mass is 305 g/mol. The highest BCUT2D eigenvalue weighted by molar-refractivity contribution is 7.71. The summed E-state index contributed by atoms with van der Waals surface area (Å²) in [5, 5.41) is 4.17. The van der Waals surface area contributed by atoms with Crippen molar-refractivity contribution in [1.29, 1.82) is 0 Å². The van der Waals surface area contributed by atoms with Gasteiger partial charge >= 0.3 is 0 Å². The maximum absolute atomic E-state index is 14.6. The van der Waals surface area contributed by atoms with Crippen LogP contribution in [0, 0.1) is 10.3 Å². The second kappa shape index (κ2) is 5.83. The van der Waals surface area contributed by atoms with Gasteiger partial charge in [0.2, 0.25) is 0 Å². The third-order valence-electron chi connectivity index (χ3n) is 4.33. The lowest BCUT2D eigenvalue weighted by Gasteiger charge is -2.36. The number of fused-ring (bicyclic) bond motifs is 1. The number of piperazine rings is 1. The summed E-state index contributed by atoms with van der Waals surface area (Å²) in [6.07, 6.45) is 1.93. The Morgan fingerprint density at radius 1 is 1.43 bits per heavy atom. The first-order valence-corrected chi connectivity index (χ1v) is 7.76. The first-order chi connectivity index (χ1) is 10.1. The topological polar surface area (TPSA) is 20.2 Å². The zero-order valence-electron chi connectivity index (χ0n) is 12.4. The number of benzene rings is 1. The van der Waals surface area contributed by atoms with Gasteiger partial charge in [0.05, 0.1) is 6.04 Å². The van der Waals surface area contributed by atoms with Gasteiger partial charge in [0.15, 0.2) is 0 Å². The standard InChI is InChI=1S/C16H20FN3S/c1-3-20-7-5-18-10-15(20)11-9-14-12(8-13(11)17)16(21)4-6-19(14)2/h4,6,8-9,15,18H,3,5,7,10H2,1-2H3. The third-order valence-corrected chi connectivity index (χ3v) is 4.69. The quantitative estimate of drug-likeness (QED) is 0.861. The number of halogens is 1. The molecule has 1 aromatic carbocycles. The van der Waals surface area contributed by atoms with Crippen molar-refractivity contribution >= 4 is 23.1 Å². The number of pyridine rings is 1. The van der Waals surface area contributed by atoms with Crippen molar-refractivity contribution in [3.05, 3.63) is 40.3 Å². The minimum atomic E-state index is -0.160. The molecule has 21 heavy (non-hydrogen) atoms. The average Bonchev–Trinajstić information content (AvgIpc) is 2.51. The Kier molecular flexibility index (Phi) is 4.06. The molecule has 1 saturated heterocycles. The summed E-state index contributed by atoms with van der Waals surface area (Å²) >= 11 is 5.32. The molecule has 1 fully saturated rings. The van der Waals surface area contributed by atoms with E-state index < -0.39 is 0 Å². The van der Waals surface area contributed by atoms with Gasteiger partial charge in [0, 0.05) is 53.9 Å². The molecule has 3 rings (SSSR count). The van der Waals surface area contributed by atoms with E-state index in [4.69, 9.17) is 12.2 Å². The Bertz CT molecular complexity index is 725. The molecule has 1 N–H and O–H groups in total. The maximum atomic E-state index is 14.6. The Balaban J connectivity index is 2.16. The van der Waals surface area contributed by atoms with Crippen molar-refractivity contribution in [2.45, 2.75) is 13.0 Å². The van der Waals surface area contributed by atoms with Gasteiger partial charge in [-0.2, -0.15) is 0 Å². The molecule has 1 atom stereocenters. The van der Waals surface area contributed by atoms with Gasteiger partial charge in [-0.25, -0.2) is 4.39 Å². The van der Waals surface area contributed by atoms with Crippen LogP contribution in [0.3, 0.4) is 0 Å². The van der Waals surface area contributed by atoms with Crippen molar-refractivity contribution in [1.82, 2.24) is 14.8 Å². The van der Waals surface area contributed by atoms with Crippen molar-refractivity contribution in [2.75, 3.05) is 26.2 Å². The number of rotatable bonds is 2. The van der Waals surface area contributed by atoms with Crippen molar-refractivity contribution in [3.8, 4) is 0 Å². The molecule has 1 aromatic heterocycles. The first-order valence-electron chi connectivity index (χ1n) is 7.35. The van der Waals surface area contributed by atoms with E-state index in [0.29, 0.717) is 4.51 Å².